The van der Waals surface area contributed by atoms with E-state index in [2.05, 4.69) is 65.0 Å². The maximum absolute atomic E-state index is 8.72. The van der Waals surface area contributed by atoms with Gasteiger partial charge in [-0.2, -0.15) is 5.26 Å². The lowest BCUT2D eigenvalue weighted by Crippen LogP contribution is -2.35. The van der Waals surface area contributed by atoms with Gasteiger partial charge in [0.2, 0.25) is 0 Å². The fraction of sp³-hybridized carbons (Fsp3) is 0.533. The van der Waals surface area contributed by atoms with E-state index < -0.39 is 0 Å². The second-order valence-electron chi connectivity index (χ2n) is 4.76. The number of nitrogens with zero attached hydrogens (tertiary/aromatic N) is 2. The molecule has 0 saturated heterocycles. The van der Waals surface area contributed by atoms with Crippen LogP contribution in [0, 0.1) is 11.3 Å². The molecule has 0 fully saturated rings. The highest BCUT2D eigenvalue weighted by Gasteiger charge is 2.17. The van der Waals surface area contributed by atoms with Gasteiger partial charge in [0.15, 0.2) is 0 Å². The van der Waals surface area contributed by atoms with Crippen LogP contribution >= 0.6 is 15.9 Å². The Balaban J connectivity index is 2.68. The van der Waals surface area contributed by atoms with Crippen molar-refractivity contribution >= 4 is 15.9 Å². The quantitative estimate of drug-likeness (QED) is 0.717. The van der Waals surface area contributed by atoms with E-state index in [0.717, 1.165) is 18.4 Å². The Bertz CT molecular complexity index is 370. The Hall–Kier alpha value is -0.850. The summed E-state index contributed by atoms with van der Waals surface area (Å²) in [5.41, 5.74) is 1.36. The molecule has 1 rings (SSSR count). The van der Waals surface area contributed by atoms with Crippen LogP contribution in [0.25, 0.3) is 0 Å². The normalized spacial score (nSPS) is 12.7. The van der Waals surface area contributed by atoms with Gasteiger partial charge in [0, 0.05) is 36.8 Å². The highest BCUT2D eigenvalue weighted by Crippen LogP contribution is 2.20. The van der Waals surface area contributed by atoms with E-state index in [0.29, 0.717) is 18.4 Å². The smallest absolute Gasteiger partial charge is 0.0635 e. The molecular formula is C15H21BrN2. The van der Waals surface area contributed by atoms with Crippen molar-refractivity contribution in [3.63, 3.8) is 0 Å². The fourth-order valence-corrected chi connectivity index (χ4v) is 2.58. The van der Waals surface area contributed by atoms with Gasteiger partial charge in [-0.15, -0.1) is 0 Å². The predicted octanol–water partition coefficient (Wildman–Crippen LogP) is 3.79. The molecule has 98 valence electrons. The van der Waals surface area contributed by atoms with E-state index in [1.165, 1.54) is 5.56 Å². The number of hydrogen-bond acceptors (Lipinski definition) is 2. The Morgan fingerprint density at radius 2 is 1.94 bits per heavy atom. The number of benzene rings is 1. The summed E-state index contributed by atoms with van der Waals surface area (Å²) in [6, 6.07) is 13.3. The molecule has 0 radical (unpaired) electrons. The summed E-state index contributed by atoms with van der Waals surface area (Å²) >= 11 is 3.61. The maximum Gasteiger partial charge on any atom is 0.0635 e. The van der Waals surface area contributed by atoms with Crippen LogP contribution in [0.15, 0.2) is 30.3 Å². The summed E-state index contributed by atoms with van der Waals surface area (Å²) in [5.74, 6) is 0.479. The third-order valence-corrected chi connectivity index (χ3v) is 3.93. The third-order valence-electron chi connectivity index (χ3n) is 3.15. The van der Waals surface area contributed by atoms with E-state index in [-0.39, 0.29) is 0 Å². The van der Waals surface area contributed by atoms with E-state index in [1.807, 2.05) is 6.07 Å². The lowest BCUT2D eigenvalue weighted by atomic mass is 10.00. The van der Waals surface area contributed by atoms with Crippen LogP contribution in [-0.2, 0) is 0 Å². The highest BCUT2D eigenvalue weighted by molar-refractivity contribution is 9.09. The average Bonchev–Trinajstić information content (AvgIpc) is 2.39. The summed E-state index contributed by atoms with van der Waals surface area (Å²) in [6.07, 6.45) is 0.599. The third kappa shape index (κ3) is 4.80. The van der Waals surface area contributed by atoms with Gasteiger partial charge in [-0.05, 0) is 19.4 Å². The van der Waals surface area contributed by atoms with Crippen molar-refractivity contribution in [2.24, 2.45) is 0 Å². The highest BCUT2D eigenvalue weighted by atomic mass is 79.9. The monoisotopic (exact) mass is 308 g/mol. The summed E-state index contributed by atoms with van der Waals surface area (Å²) in [6.45, 7) is 6.22. The van der Waals surface area contributed by atoms with E-state index in [4.69, 9.17) is 5.26 Å². The molecule has 0 amide bonds. The van der Waals surface area contributed by atoms with Gasteiger partial charge in [0.1, 0.15) is 0 Å². The maximum atomic E-state index is 8.72. The van der Waals surface area contributed by atoms with Crippen LogP contribution in [0.5, 0.6) is 0 Å². The Labute approximate surface area is 119 Å². The van der Waals surface area contributed by atoms with Crippen LogP contribution in [0.4, 0.5) is 0 Å². The number of nitriles is 1. The molecule has 0 bridgehead atoms. The minimum atomic E-state index is 0.476. The molecule has 0 spiro atoms. The summed E-state index contributed by atoms with van der Waals surface area (Å²) in [7, 11) is 0. The lowest BCUT2D eigenvalue weighted by molar-refractivity contribution is 0.217. The van der Waals surface area contributed by atoms with Crippen molar-refractivity contribution in [1.29, 1.82) is 5.26 Å². The van der Waals surface area contributed by atoms with Crippen molar-refractivity contribution in [3.05, 3.63) is 35.9 Å². The van der Waals surface area contributed by atoms with Crippen LogP contribution in [0.2, 0.25) is 0 Å². The van der Waals surface area contributed by atoms with Crippen molar-refractivity contribution in [2.75, 3.05) is 18.4 Å². The van der Waals surface area contributed by atoms with Crippen molar-refractivity contribution < 1.29 is 0 Å². The van der Waals surface area contributed by atoms with Gasteiger partial charge in [0.25, 0.3) is 0 Å². The molecule has 1 unspecified atom stereocenters. The Kier molecular flexibility index (Phi) is 7.00. The minimum absolute atomic E-state index is 0.476. The molecule has 0 aliphatic rings. The SMILES string of the molecule is CC(C)N(CCC#N)CC(CBr)c1ccccc1. The first-order valence-electron chi connectivity index (χ1n) is 6.41. The first-order chi connectivity index (χ1) is 8.69. The minimum Gasteiger partial charge on any atom is -0.299 e. The van der Waals surface area contributed by atoms with Crippen molar-refractivity contribution in [3.8, 4) is 6.07 Å². The molecular weight excluding hydrogens is 288 g/mol. The summed E-state index contributed by atoms with van der Waals surface area (Å²) in [5, 5.41) is 9.67. The molecule has 2 nitrogen and oxygen atoms in total. The summed E-state index contributed by atoms with van der Waals surface area (Å²) in [4.78, 5) is 2.38. The van der Waals surface area contributed by atoms with Crippen LogP contribution in [0.1, 0.15) is 31.7 Å². The second-order valence-corrected chi connectivity index (χ2v) is 5.41. The zero-order valence-electron chi connectivity index (χ0n) is 11.1. The largest absolute Gasteiger partial charge is 0.299 e. The van der Waals surface area contributed by atoms with Gasteiger partial charge in [0.05, 0.1) is 6.07 Å². The van der Waals surface area contributed by atoms with Gasteiger partial charge in [-0.1, -0.05) is 46.3 Å². The first-order valence-corrected chi connectivity index (χ1v) is 7.53. The molecule has 1 aromatic carbocycles. The molecule has 18 heavy (non-hydrogen) atoms. The molecule has 0 aliphatic heterocycles. The van der Waals surface area contributed by atoms with Crippen LogP contribution in [0.3, 0.4) is 0 Å². The lowest BCUT2D eigenvalue weighted by Gasteiger charge is -2.29. The molecule has 3 heteroatoms. The predicted molar refractivity (Wildman–Crippen MR) is 79.9 cm³/mol. The van der Waals surface area contributed by atoms with E-state index in [1.54, 1.807) is 0 Å². The zero-order chi connectivity index (χ0) is 13.4. The summed E-state index contributed by atoms with van der Waals surface area (Å²) < 4.78 is 0. The number of rotatable bonds is 7. The molecule has 0 aliphatic carbocycles. The Morgan fingerprint density at radius 1 is 1.28 bits per heavy atom. The molecule has 1 aromatic rings. The fourth-order valence-electron chi connectivity index (χ4n) is 2.01. The van der Waals surface area contributed by atoms with Gasteiger partial charge in [-0.25, -0.2) is 0 Å². The van der Waals surface area contributed by atoms with Gasteiger partial charge >= 0.3 is 0 Å². The zero-order valence-corrected chi connectivity index (χ0v) is 12.7. The van der Waals surface area contributed by atoms with Crippen molar-refractivity contribution in [1.82, 2.24) is 4.90 Å². The van der Waals surface area contributed by atoms with E-state index in [9.17, 15) is 0 Å². The van der Waals surface area contributed by atoms with Crippen LogP contribution in [-0.4, -0.2) is 29.4 Å². The molecule has 0 saturated carbocycles. The molecule has 0 aromatic heterocycles. The van der Waals surface area contributed by atoms with Gasteiger partial charge < -0.3 is 0 Å². The Morgan fingerprint density at radius 3 is 2.44 bits per heavy atom. The second kappa shape index (κ2) is 8.29. The average molecular weight is 309 g/mol. The number of hydrogen-bond donors (Lipinski definition) is 0. The van der Waals surface area contributed by atoms with Gasteiger partial charge in [-0.3, -0.25) is 4.90 Å². The number of halogens is 1. The van der Waals surface area contributed by atoms with E-state index >= 15 is 0 Å². The van der Waals surface area contributed by atoms with Crippen LogP contribution < -0.4 is 0 Å². The first kappa shape index (κ1) is 15.2. The molecule has 0 N–H and O–H groups in total. The van der Waals surface area contributed by atoms with Crippen molar-refractivity contribution in [2.45, 2.75) is 32.2 Å². The standard InChI is InChI=1S/C15H21BrN2/c1-13(2)18(10-6-9-17)12-15(11-16)14-7-4-3-5-8-14/h3-5,7-8,13,15H,6,10-12H2,1-2H3. The molecule has 1 atom stereocenters. The topological polar surface area (TPSA) is 27.0 Å². The number of alkyl halides is 1. The molecule has 0 heterocycles.